The Morgan fingerprint density at radius 1 is 1.67 bits per heavy atom. The van der Waals surface area contributed by atoms with Crippen LogP contribution in [0.1, 0.15) is 5.69 Å². The largest absolute Gasteiger partial charge is 0.368 e. The molecule has 0 saturated carbocycles. The van der Waals surface area contributed by atoms with Crippen LogP contribution in [0.4, 0.5) is 5.95 Å². The molecular weight excluding hydrogens is 118 g/mol. The molecule has 0 aliphatic heterocycles. The summed E-state index contributed by atoms with van der Waals surface area (Å²) in [6.07, 6.45) is 1.59. The highest BCUT2D eigenvalue weighted by atomic mass is 15.3. The van der Waals surface area contributed by atoms with Crippen LogP contribution in [0.5, 0.6) is 0 Å². The third-order valence-electron chi connectivity index (χ3n) is 1.02. The van der Waals surface area contributed by atoms with Crippen LogP contribution in [0.15, 0.2) is 6.20 Å². The molecule has 1 rings (SSSR count). The molecule has 0 amide bonds. The van der Waals surface area contributed by atoms with Gasteiger partial charge in [-0.05, 0) is 0 Å². The first kappa shape index (κ1) is 5.90. The van der Waals surface area contributed by atoms with Gasteiger partial charge in [-0.2, -0.15) is 0 Å². The molecule has 9 heavy (non-hydrogen) atoms. The Bertz CT molecular complexity index is 183. The van der Waals surface area contributed by atoms with Crippen molar-refractivity contribution in [3.05, 3.63) is 11.9 Å². The summed E-state index contributed by atoms with van der Waals surface area (Å²) in [6.45, 7) is 0.369. The lowest BCUT2D eigenvalue weighted by Crippen LogP contribution is -2.09. The normalized spacial score (nSPS) is 9.89. The average molecular weight is 127 g/mol. The summed E-state index contributed by atoms with van der Waals surface area (Å²) in [7, 11) is 0. The number of aromatic nitrogens is 2. The number of hydrogen-bond donors (Lipinski definition) is 3. The Morgan fingerprint density at radius 3 is 2.56 bits per heavy atom. The first-order chi connectivity index (χ1) is 4.24. The second kappa shape index (κ2) is 1.94. The van der Waals surface area contributed by atoms with E-state index in [-0.39, 0.29) is 5.95 Å². The van der Waals surface area contributed by atoms with E-state index in [1.165, 1.54) is 4.68 Å². The Hall–Kier alpha value is -1.23. The van der Waals surface area contributed by atoms with Crippen molar-refractivity contribution in [1.82, 2.24) is 9.66 Å². The molecule has 0 radical (unpaired) electrons. The van der Waals surface area contributed by atoms with Gasteiger partial charge < -0.3 is 17.3 Å². The van der Waals surface area contributed by atoms with Crippen molar-refractivity contribution in [2.75, 3.05) is 11.6 Å². The lowest BCUT2D eigenvalue weighted by atomic mass is 10.5. The van der Waals surface area contributed by atoms with Crippen molar-refractivity contribution >= 4 is 5.95 Å². The zero-order chi connectivity index (χ0) is 6.85. The molecule has 1 aromatic rings. The van der Waals surface area contributed by atoms with Gasteiger partial charge in [-0.3, -0.25) is 0 Å². The maximum Gasteiger partial charge on any atom is 0.219 e. The summed E-state index contributed by atoms with van der Waals surface area (Å²) >= 11 is 0. The van der Waals surface area contributed by atoms with Crippen molar-refractivity contribution in [1.29, 1.82) is 0 Å². The van der Waals surface area contributed by atoms with E-state index in [1.807, 2.05) is 0 Å². The van der Waals surface area contributed by atoms with E-state index in [9.17, 15) is 0 Å². The molecule has 50 valence electrons. The maximum atomic E-state index is 5.29. The zero-order valence-electron chi connectivity index (χ0n) is 4.91. The van der Waals surface area contributed by atoms with Crippen LogP contribution in [0.25, 0.3) is 0 Å². The van der Waals surface area contributed by atoms with Crippen molar-refractivity contribution in [3.63, 3.8) is 0 Å². The quantitative estimate of drug-likeness (QED) is 0.406. The van der Waals surface area contributed by atoms with Crippen LogP contribution in [0.3, 0.4) is 0 Å². The second-order valence-electron chi connectivity index (χ2n) is 1.70. The van der Waals surface area contributed by atoms with Gasteiger partial charge in [0.05, 0.1) is 11.9 Å². The Balaban J connectivity index is 2.98. The van der Waals surface area contributed by atoms with Gasteiger partial charge in [-0.15, -0.1) is 0 Å². The second-order valence-corrected chi connectivity index (χ2v) is 1.70. The third-order valence-corrected chi connectivity index (χ3v) is 1.02. The van der Waals surface area contributed by atoms with Crippen LogP contribution < -0.4 is 17.3 Å². The zero-order valence-corrected chi connectivity index (χ0v) is 4.91. The smallest absolute Gasteiger partial charge is 0.219 e. The summed E-state index contributed by atoms with van der Waals surface area (Å²) in [5.41, 5.74) is 11.2. The van der Waals surface area contributed by atoms with E-state index in [4.69, 9.17) is 17.3 Å². The van der Waals surface area contributed by atoms with Gasteiger partial charge in [-0.25, -0.2) is 9.66 Å². The first-order valence-corrected chi connectivity index (χ1v) is 2.53. The lowest BCUT2D eigenvalue weighted by molar-refractivity contribution is 0.999. The number of rotatable bonds is 1. The lowest BCUT2D eigenvalue weighted by Gasteiger charge is -1.88. The number of nitrogen functional groups attached to an aromatic ring is 2. The monoisotopic (exact) mass is 127 g/mol. The molecule has 0 fully saturated rings. The predicted octanol–water partition coefficient (Wildman–Crippen LogP) is -1.36. The molecule has 1 heterocycles. The van der Waals surface area contributed by atoms with Crippen LogP contribution in [-0.4, -0.2) is 9.66 Å². The number of hydrogen-bond acceptors (Lipinski definition) is 4. The molecular formula is C4H9N5. The van der Waals surface area contributed by atoms with Gasteiger partial charge in [0, 0.05) is 6.54 Å². The molecule has 5 heteroatoms. The summed E-state index contributed by atoms with van der Waals surface area (Å²) < 4.78 is 1.24. The fourth-order valence-electron chi connectivity index (χ4n) is 0.559. The molecule has 0 unspecified atom stereocenters. The van der Waals surface area contributed by atoms with Crippen molar-refractivity contribution in [2.45, 2.75) is 6.54 Å². The van der Waals surface area contributed by atoms with E-state index in [0.717, 1.165) is 0 Å². The van der Waals surface area contributed by atoms with Crippen LogP contribution in [0, 0.1) is 0 Å². The summed E-state index contributed by atoms with van der Waals surface area (Å²) in [5, 5.41) is 0. The molecule has 5 nitrogen and oxygen atoms in total. The maximum absolute atomic E-state index is 5.29. The topological polar surface area (TPSA) is 95.9 Å². The van der Waals surface area contributed by atoms with E-state index in [2.05, 4.69) is 4.98 Å². The predicted molar refractivity (Wildman–Crippen MR) is 34.7 cm³/mol. The van der Waals surface area contributed by atoms with E-state index >= 15 is 0 Å². The van der Waals surface area contributed by atoms with Crippen molar-refractivity contribution in [2.24, 2.45) is 5.73 Å². The summed E-state index contributed by atoms with van der Waals surface area (Å²) in [6, 6.07) is 0. The average Bonchev–Trinajstić information content (AvgIpc) is 2.13. The minimum absolute atomic E-state index is 0.287. The number of nitrogens with zero attached hydrogens (tertiary/aromatic N) is 2. The van der Waals surface area contributed by atoms with Crippen LogP contribution in [0.2, 0.25) is 0 Å². The Morgan fingerprint density at radius 2 is 2.33 bits per heavy atom. The third kappa shape index (κ3) is 0.945. The number of nitrogens with two attached hydrogens (primary N) is 3. The molecule has 0 aromatic carbocycles. The van der Waals surface area contributed by atoms with Gasteiger partial charge in [0.15, 0.2) is 0 Å². The standard InChI is InChI=1S/C4H9N5/c5-1-3-2-9(7)4(6)8-3/h2H,1,5,7H2,(H2,6,8). The molecule has 0 aliphatic rings. The Labute approximate surface area is 52.4 Å². The molecule has 1 aromatic heterocycles. The molecule has 0 aliphatic carbocycles. The molecule has 0 atom stereocenters. The molecule has 6 N–H and O–H groups in total. The van der Waals surface area contributed by atoms with E-state index in [0.29, 0.717) is 12.2 Å². The van der Waals surface area contributed by atoms with Crippen LogP contribution >= 0.6 is 0 Å². The minimum Gasteiger partial charge on any atom is -0.368 e. The fraction of sp³-hybridized carbons (Fsp3) is 0.250. The van der Waals surface area contributed by atoms with Crippen LogP contribution in [-0.2, 0) is 6.54 Å². The number of anilines is 1. The highest BCUT2D eigenvalue weighted by Crippen LogP contribution is 1.97. The van der Waals surface area contributed by atoms with E-state index < -0.39 is 0 Å². The molecule has 0 bridgehead atoms. The first-order valence-electron chi connectivity index (χ1n) is 2.53. The highest BCUT2D eigenvalue weighted by molar-refractivity contribution is 5.21. The molecule has 0 spiro atoms. The summed E-state index contributed by atoms with van der Waals surface area (Å²) in [5.74, 6) is 5.58. The minimum atomic E-state index is 0.287. The van der Waals surface area contributed by atoms with Gasteiger partial charge in [0.1, 0.15) is 0 Å². The number of imidazole rings is 1. The van der Waals surface area contributed by atoms with Crippen molar-refractivity contribution < 1.29 is 0 Å². The highest BCUT2D eigenvalue weighted by Gasteiger charge is 1.97. The summed E-state index contributed by atoms with van der Waals surface area (Å²) in [4.78, 5) is 3.82. The SMILES string of the molecule is NCc1cn(N)c(N)n1. The van der Waals surface area contributed by atoms with Gasteiger partial charge in [0.2, 0.25) is 5.95 Å². The Kier molecular flexibility index (Phi) is 1.27. The van der Waals surface area contributed by atoms with Crippen molar-refractivity contribution in [3.8, 4) is 0 Å². The van der Waals surface area contributed by atoms with Gasteiger partial charge in [0.25, 0.3) is 0 Å². The fourth-order valence-corrected chi connectivity index (χ4v) is 0.559. The van der Waals surface area contributed by atoms with Gasteiger partial charge >= 0.3 is 0 Å². The van der Waals surface area contributed by atoms with E-state index in [1.54, 1.807) is 6.20 Å². The molecule has 0 saturated heterocycles. The van der Waals surface area contributed by atoms with Gasteiger partial charge in [-0.1, -0.05) is 0 Å².